The molecule has 1 saturated carbocycles. The molecule has 3 heterocycles. The molecule has 7 rings (SSSR count). The number of rotatable bonds is 25. The Bertz CT molecular complexity index is 2530. The second kappa shape index (κ2) is 25.7. The van der Waals surface area contributed by atoms with Gasteiger partial charge < -0.3 is 49.5 Å². The Balaban J connectivity index is 0.742. The first-order chi connectivity index (χ1) is 34.1. The van der Waals surface area contributed by atoms with E-state index in [0.717, 1.165) is 89.5 Å². The van der Waals surface area contributed by atoms with Gasteiger partial charge in [-0.2, -0.15) is 5.26 Å². The van der Waals surface area contributed by atoms with Gasteiger partial charge in [0.2, 0.25) is 17.6 Å². The number of ether oxygens (including phenoxy) is 5. The van der Waals surface area contributed by atoms with Crippen LogP contribution in [0.5, 0.6) is 11.5 Å². The van der Waals surface area contributed by atoms with Crippen LogP contribution in [0.3, 0.4) is 0 Å². The zero-order valence-electron chi connectivity index (χ0n) is 40.9. The largest absolute Gasteiger partial charge is 0.491 e. The number of aromatic nitrogens is 2. The van der Waals surface area contributed by atoms with E-state index >= 15 is 0 Å². The van der Waals surface area contributed by atoms with E-state index in [2.05, 4.69) is 40.3 Å². The highest BCUT2D eigenvalue weighted by Crippen LogP contribution is 2.38. The fraction of sp³-hybridized carbons (Fsp3) is 0.463. The summed E-state index contributed by atoms with van der Waals surface area (Å²) in [5, 5.41) is 17.7. The van der Waals surface area contributed by atoms with Gasteiger partial charge in [0.25, 0.3) is 0 Å². The molecule has 3 aromatic carbocycles. The maximum atomic E-state index is 14.1. The lowest BCUT2D eigenvalue weighted by Gasteiger charge is -2.35. The van der Waals surface area contributed by atoms with Crippen molar-refractivity contribution in [3.05, 3.63) is 117 Å². The van der Waals surface area contributed by atoms with Gasteiger partial charge in [-0.25, -0.2) is 4.98 Å². The minimum Gasteiger partial charge on any atom is -0.491 e. The molecule has 2 amide bonds. The van der Waals surface area contributed by atoms with Crippen molar-refractivity contribution in [1.82, 2.24) is 25.1 Å². The Morgan fingerprint density at radius 2 is 1.40 bits per heavy atom. The molecule has 372 valence electrons. The summed E-state index contributed by atoms with van der Waals surface area (Å²) in [5.41, 5.74) is 14.0. The second-order valence-corrected chi connectivity index (χ2v) is 18.8. The van der Waals surface area contributed by atoms with Gasteiger partial charge in [-0.3, -0.25) is 14.4 Å². The number of carbonyl (C=O) groups is 3. The summed E-state index contributed by atoms with van der Waals surface area (Å²) in [6.45, 7) is 10.5. The van der Waals surface area contributed by atoms with Crippen LogP contribution in [-0.2, 0) is 30.3 Å². The van der Waals surface area contributed by atoms with E-state index in [-0.39, 0.29) is 29.6 Å². The first-order valence-corrected chi connectivity index (χ1v) is 25.4. The summed E-state index contributed by atoms with van der Waals surface area (Å²) in [7, 11) is 1.74. The molecule has 3 atom stereocenters. The van der Waals surface area contributed by atoms with Crippen LogP contribution in [-0.4, -0.2) is 111 Å². The molecule has 2 fully saturated rings. The SMILES string of the molecule is CNC(C)C(=O)N[C@H](C(=O)N1CCC[C@H]1c1nc(C(=O)c2ccc(OCCOCCOCCOCCOc3ccc(Cn4c(C)c(N)c(-c5ccc(C#N)cc5)c4C)cc3)cc2)cs1)C1CCCCC1. The molecule has 16 heteroatoms. The van der Waals surface area contributed by atoms with Gasteiger partial charge >= 0.3 is 0 Å². The smallest absolute Gasteiger partial charge is 0.246 e. The predicted octanol–water partition coefficient (Wildman–Crippen LogP) is 7.81. The van der Waals surface area contributed by atoms with Crippen molar-refractivity contribution in [3.8, 4) is 28.7 Å². The first-order valence-electron chi connectivity index (χ1n) is 24.5. The number of nitrogens with one attached hydrogen (secondary N) is 2. The van der Waals surface area contributed by atoms with Crippen LogP contribution < -0.4 is 25.8 Å². The molecule has 2 aliphatic rings. The molecule has 70 heavy (non-hydrogen) atoms. The summed E-state index contributed by atoms with van der Waals surface area (Å²) in [5.74, 6) is 1.08. The lowest BCUT2D eigenvalue weighted by Crippen LogP contribution is -2.55. The monoisotopic (exact) mass is 973 g/mol. The number of amides is 2. The van der Waals surface area contributed by atoms with E-state index < -0.39 is 12.1 Å². The molecule has 1 aliphatic heterocycles. The summed E-state index contributed by atoms with van der Waals surface area (Å²) in [6.07, 6.45) is 6.71. The van der Waals surface area contributed by atoms with Crippen LogP contribution >= 0.6 is 11.3 Å². The number of likely N-dealkylation sites (N-methyl/N-ethyl adjacent to an activating group) is 1. The van der Waals surface area contributed by atoms with Gasteiger partial charge in [0, 0.05) is 41.0 Å². The quantitative estimate of drug-likeness (QED) is 0.0380. The van der Waals surface area contributed by atoms with E-state index in [9.17, 15) is 14.4 Å². The lowest BCUT2D eigenvalue weighted by molar-refractivity contribution is -0.139. The van der Waals surface area contributed by atoms with Gasteiger partial charge in [-0.05, 0) is 119 Å². The van der Waals surface area contributed by atoms with Gasteiger partial charge in [-0.1, -0.05) is 43.5 Å². The normalized spacial score (nSPS) is 15.9. The standard InChI is InChI=1S/C54H67N7O8S/c1-36(57-4)52(63)59-50(42-9-6-5-7-10-42)54(64)60-24-8-11-47(60)53-58-46(35-70-53)51(62)43-18-22-45(23-19-43)69-32-30-67-28-26-65-25-27-66-29-31-68-44-20-14-40(15-21-44)34-61-37(2)48(49(56)38(61)3)41-16-12-39(33-55)13-17-41/h12-23,35-36,42,47,50,57H,5-11,24-32,34,56H2,1-4H3,(H,59,63)/t36?,47-,50-/m0/s1. The number of nitriles is 1. The molecule has 1 unspecified atom stereocenters. The molecule has 1 aliphatic carbocycles. The summed E-state index contributed by atoms with van der Waals surface area (Å²) < 4.78 is 30.9. The number of hydrogen-bond donors (Lipinski definition) is 3. The lowest BCUT2D eigenvalue weighted by atomic mass is 9.83. The Labute approximate surface area is 415 Å². The van der Waals surface area contributed by atoms with Crippen molar-refractivity contribution < 1.29 is 38.1 Å². The van der Waals surface area contributed by atoms with Crippen molar-refractivity contribution in [2.75, 3.05) is 72.2 Å². The maximum absolute atomic E-state index is 14.1. The van der Waals surface area contributed by atoms with Gasteiger partial charge in [0.15, 0.2) is 0 Å². The molecular weight excluding hydrogens is 907 g/mol. The van der Waals surface area contributed by atoms with Crippen LogP contribution in [0.4, 0.5) is 5.69 Å². The minimum atomic E-state index is -0.573. The molecule has 15 nitrogen and oxygen atoms in total. The number of likely N-dealkylation sites (tertiary alicyclic amines) is 1. The molecule has 0 radical (unpaired) electrons. The van der Waals surface area contributed by atoms with E-state index in [1.807, 2.05) is 48.2 Å². The molecule has 2 aromatic heterocycles. The Kier molecular flexibility index (Phi) is 19.0. The average Bonchev–Trinajstić information content (AvgIpc) is 4.14. The first kappa shape index (κ1) is 51.8. The Hall–Kier alpha value is -6.09. The molecule has 1 saturated heterocycles. The van der Waals surface area contributed by atoms with E-state index in [1.165, 1.54) is 11.3 Å². The fourth-order valence-corrected chi connectivity index (χ4v) is 10.1. The number of nitrogen functional groups attached to an aromatic ring is 1. The van der Waals surface area contributed by atoms with Crippen LogP contribution in [0.15, 0.2) is 78.2 Å². The minimum absolute atomic E-state index is 0.0526. The molecule has 0 spiro atoms. The second-order valence-electron chi connectivity index (χ2n) is 17.9. The highest BCUT2D eigenvalue weighted by atomic mass is 32.1. The summed E-state index contributed by atoms with van der Waals surface area (Å²) >= 11 is 1.40. The van der Waals surface area contributed by atoms with Crippen LogP contribution in [0.2, 0.25) is 0 Å². The average molecular weight is 974 g/mol. The Morgan fingerprint density at radius 3 is 2.00 bits per heavy atom. The van der Waals surface area contributed by atoms with Crippen molar-refractivity contribution >= 4 is 34.6 Å². The number of hydrogen-bond acceptors (Lipinski definition) is 13. The molecule has 4 N–H and O–H groups in total. The number of thiazole rings is 1. The zero-order valence-corrected chi connectivity index (χ0v) is 41.7. The van der Waals surface area contributed by atoms with Crippen molar-refractivity contribution in [2.45, 2.75) is 90.4 Å². The van der Waals surface area contributed by atoms with Crippen LogP contribution in [0.1, 0.15) is 101 Å². The number of nitrogens with zero attached hydrogens (tertiary/aromatic N) is 4. The third kappa shape index (κ3) is 13.4. The van der Waals surface area contributed by atoms with E-state index in [1.54, 1.807) is 43.6 Å². The van der Waals surface area contributed by atoms with Crippen LogP contribution in [0.25, 0.3) is 11.1 Å². The number of anilines is 1. The van der Waals surface area contributed by atoms with Crippen molar-refractivity contribution in [2.24, 2.45) is 5.92 Å². The van der Waals surface area contributed by atoms with Crippen molar-refractivity contribution in [3.63, 3.8) is 0 Å². The Morgan fingerprint density at radius 1 is 0.800 bits per heavy atom. The van der Waals surface area contributed by atoms with Gasteiger partial charge in [0.1, 0.15) is 41.5 Å². The van der Waals surface area contributed by atoms with E-state index in [4.69, 9.17) is 39.7 Å². The third-order valence-electron chi connectivity index (χ3n) is 13.3. The van der Waals surface area contributed by atoms with Crippen LogP contribution in [0, 0.1) is 31.1 Å². The highest BCUT2D eigenvalue weighted by molar-refractivity contribution is 7.10. The van der Waals surface area contributed by atoms with Gasteiger partial charge in [0.05, 0.1) is 69.0 Å². The topological polar surface area (TPSA) is 192 Å². The number of nitrogens with two attached hydrogens (primary N) is 1. The number of ketones is 1. The summed E-state index contributed by atoms with van der Waals surface area (Å²) in [4.78, 5) is 47.2. The molecular formula is C54H67N7O8S. The number of carbonyl (C=O) groups excluding carboxylic acids is 3. The third-order valence-corrected chi connectivity index (χ3v) is 14.3. The predicted molar refractivity (Wildman–Crippen MR) is 270 cm³/mol. The maximum Gasteiger partial charge on any atom is 0.246 e. The van der Waals surface area contributed by atoms with E-state index in [0.29, 0.717) is 88.5 Å². The zero-order chi connectivity index (χ0) is 49.4. The summed E-state index contributed by atoms with van der Waals surface area (Å²) in [6, 6.07) is 23.5. The van der Waals surface area contributed by atoms with Crippen molar-refractivity contribution in [1.29, 1.82) is 5.26 Å². The van der Waals surface area contributed by atoms with Gasteiger partial charge in [-0.15, -0.1) is 11.3 Å². The fourth-order valence-electron chi connectivity index (χ4n) is 9.19. The number of benzene rings is 3. The molecule has 5 aromatic rings. The highest BCUT2D eigenvalue weighted by Gasteiger charge is 2.40. The molecule has 0 bridgehead atoms.